The lowest BCUT2D eigenvalue weighted by atomic mass is 9.38. The van der Waals surface area contributed by atoms with Gasteiger partial charge >= 0.3 is 5.97 Å². The Hall–Kier alpha value is -1.13. The normalized spacial score (nSPS) is 42.1. The van der Waals surface area contributed by atoms with Gasteiger partial charge in [0.2, 0.25) is 0 Å². The van der Waals surface area contributed by atoms with Gasteiger partial charge in [0, 0.05) is 6.42 Å². The lowest BCUT2D eigenvalue weighted by molar-refractivity contribution is -0.178. The van der Waals surface area contributed by atoms with E-state index >= 15 is 0 Å². The summed E-state index contributed by atoms with van der Waals surface area (Å²) in [6.07, 6.45) is 11.8. The number of rotatable bonds is 8. The Bertz CT molecular complexity index is 820. The zero-order chi connectivity index (χ0) is 25.7. The second-order valence-electron chi connectivity index (χ2n) is 13.7. The van der Waals surface area contributed by atoms with E-state index in [4.69, 9.17) is 0 Å². The van der Waals surface area contributed by atoms with E-state index in [1.165, 1.54) is 5.57 Å². The van der Waals surface area contributed by atoms with Crippen molar-refractivity contribution in [1.29, 1.82) is 0 Å². The third-order valence-electron chi connectivity index (χ3n) is 11.0. The van der Waals surface area contributed by atoms with Crippen LogP contribution in [0.5, 0.6) is 0 Å². The summed E-state index contributed by atoms with van der Waals surface area (Å²) in [7, 11) is 0. The molecule has 0 heterocycles. The van der Waals surface area contributed by atoms with Crippen LogP contribution in [0.25, 0.3) is 0 Å². The molecule has 3 rings (SSSR count). The molecule has 0 aromatic heterocycles. The number of hydrogen-bond donors (Lipinski definition) is 3. The molecule has 3 N–H and O–H groups in total. The van der Waals surface area contributed by atoms with Gasteiger partial charge in [-0.25, -0.2) is 0 Å². The predicted octanol–water partition coefficient (Wildman–Crippen LogP) is 6.76. The zero-order valence-corrected chi connectivity index (χ0v) is 22.8. The van der Waals surface area contributed by atoms with Gasteiger partial charge in [0.05, 0.1) is 11.2 Å². The lowest BCUT2D eigenvalue weighted by Crippen LogP contribution is -2.60. The number of fused-ring (bicyclic) bond motifs is 3. The summed E-state index contributed by atoms with van der Waals surface area (Å²) >= 11 is 0. The molecule has 4 heteroatoms. The van der Waals surface area contributed by atoms with Crippen LogP contribution in [0.3, 0.4) is 0 Å². The molecule has 4 nitrogen and oxygen atoms in total. The van der Waals surface area contributed by atoms with Gasteiger partial charge in [-0.3, -0.25) is 4.79 Å². The molecular formula is C30H50O4. The number of hydrogen-bond acceptors (Lipinski definition) is 3. The highest BCUT2D eigenvalue weighted by molar-refractivity contribution is 5.66. The molecule has 3 aliphatic carbocycles. The highest BCUT2D eigenvalue weighted by Gasteiger charge is 2.67. The minimum absolute atomic E-state index is 0.0543. The quantitative estimate of drug-likeness (QED) is 0.340. The van der Waals surface area contributed by atoms with E-state index in [9.17, 15) is 20.1 Å². The van der Waals surface area contributed by atoms with E-state index in [1.807, 2.05) is 13.0 Å². The van der Waals surface area contributed by atoms with E-state index in [-0.39, 0.29) is 28.6 Å². The summed E-state index contributed by atoms with van der Waals surface area (Å²) in [6, 6.07) is 0. The maximum Gasteiger partial charge on any atom is 0.303 e. The van der Waals surface area contributed by atoms with Crippen LogP contribution >= 0.6 is 0 Å². The SMILES string of the molecule is C=C(C)[C@@H]1CC[C@]2(C)[C@@H](CC[C@@H]3[C@@H]([C@@](C)(O)C/C=C/C(C)(C)O)CC[C@]32C)[C@@]1(C)CCC(=O)O. The molecule has 3 saturated carbocycles. The number of aliphatic hydroxyl groups is 2. The van der Waals surface area contributed by atoms with Gasteiger partial charge in [-0.05, 0) is 119 Å². The Kier molecular flexibility index (Phi) is 7.32. The molecule has 0 aromatic rings. The van der Waals surface area contributed by atoms with Gasteiger partial charge in [-0.15, -0.1) is 0 Å². The Morgan fingerprint density at radius 2 is 1.65 bits per heavy atom. The van der Waals surface area contributed by atoms with Crippen molar-refractivity contribution in [2.45, 2.75) is 117 Å². The lowest BCUT2D eigenvalue weighted by Gasteiger charge is -2.66. The minimum Gasteiger partial charge on any atom is -0.481 e. The summed E-state index contributed by atoms with van der Waals surface area (Å²) in [5.41, 5.74) is -0.254. The fraction of sp³-hybridized carbons (Fsp3) is 0.833. The van der Waals surface area contributed by atoms with Crippen LogP contribution in [-0.2, 0) is 4.79 Å². The number of carboxylic acid groups (broad SMARTS) is 1. The van der Waals surface area contributed by atoms with Gasteiger partial charge in [-0.1, -0.05) is 45.1 Å². The molecule has 34 heavy (non-hydrogen) atoms. The van der Waals surface area contributed by atoms with E-state index in [0.29, 0.717) is 30.6 Å². The van der Waals surface area contributed by atoms with Crippen LogP contribution in [0, 0.1) is 39.9 Å². The van der Waals surface area contributed by atoms with Crippen LogP contribution in [0.2, 0.25) is 0 Å². The third-order valence-corrected chi connectivity index (χ3v) is 11.0. The molecule has 3 fully saturated rings. The van der Waals surface area contributed by atoms with Gasteiger partial charge in [0.15, 0.2) is 0 Å². The summed E-state index contributed by atoms with van der Waals surface area (Å²) in [5, 5.41) is 31.2. The predicted molar refractivity (Wildman–Crippen MR) is 138 cm³/mol. The Morgan fingerprint density at radius 3 is 2.21 bits per heavy atom. The van der Waals surface area contributed by atoms with Crippen molar-refractivity contribution in [3.05, 3.63) is 24.3 Å². The van der Waals surface area contributed by atoms with Gasteiger partial charge in [0.25, 0.3) is 0 Å². The van der Waals surface area contributed by atoms with E-state index in [2.05, 4.69) is 34.3 Å². The highest BCUT2D eigenvalue weighted by Crippen LogP contribution is 2.74. The van der Waals surface area contributed by atoms with E-state index in [1.54, 1.807) is 19.9 Å². The average Bonchev–Trinajstić information content (AvgIpc) is 3.04. The Morgan fingerprint density at radius 1 is 1.03 bits per heavy atom. The summed E-state index contributed by atoms with van der Waals surface area (Å²) in [5.74, 6) is 0.840. The fourth-order valence-electron chi connectivity index (χ4n) is 9.13. The van der Waals surface area contributed by atoms with Crippen LogP contribution < -0.4 is 0 Å². The molecule has 0 unspecified atom stereocenters. The highest BCUT2D eigenvalue weighted by atomic mass is 16.4. The first-order valence-corrected chi connectivity index (χ1v) is 13.5. The Balaban J connectivity index is 1.91. The first kappa shape index (κ1) is 27.5. The molecule has 3 aliphatic rings. The van der Waals surface area contributed by atoms with Crippen molar-refractivity contribution < 1.29 is 20.1 Å². The Labute approximate surface area is 207 Å². The fourth-order valence-corrected chi connectivity index (χ4v) is 9.13. The molecule has 0 aromatic carbocycles. The zero-order valence-electron chi connectivity index (χ0n) is 22.8. The van der Waals surface area contributed by atoms with Crippen molar-refractivity contribution in [3.63, 3.8) is 0 Å². The maximum atomic E-state index is 11.6. The van der Waals surface area contributed by atoms with Crippen molar-refractivity contribution in [1.82, 2.24) is 0 Å². The minimum atomic E-state index is -0.867. The first-order chi connectivity index (χ1) is 15.5. The monoisotopic (exact) mass is 474 g/mol. The summed E-state index contributed by atoms with van der Waals surface area (Å²) in [4.78, 5) is 11.6. The first-order valence-electron chi connectivity index (χ1n) is 13.5. The molecule has 8 atom stereocenters. The maximum absolute atomic E-state index is 11.6. The standard InChI is InChI=1S/C30H50O4/c1-20(2)21-12-19-29(7)24(27(21,5)17-14-25(31)32)11-10-22-23(13-18-28(22,29)6)30(8,34)16-9-15-26(3,4)33/h9,15,21-24,33-34H,1,10-14,16-19H2,2-8H3,(H,31,32)/b15-9+/t21-,22+,23-,24-,27-,28+,29+,30-/m0/s1. The average molecular weight is 475 g/mol. The van der Waals surface area contributed by atoms with Crippen LogP contribution in [0.15, 0.2) is 24.3 Å². The number of carbonyl (C=O) groups is 1. The van der Waals surface area contributed by atoms with Gasteiger partial charge < -0.3 is 15.3 Å². The molecule has 0 amide bonds. The van der Waals surface area contributed by atoms with Crippen molar-refractivity contribution in [3.8, 4) is 0 Å². The van der Waals surface area contributed by atoms with E-state index in [0.717, 1.165) is 38.5 Å². The smallest absolute Gasteiger partial charge is 0.303 e. The molecule has 0 saturated heterocycles. The van der Waals surface area contributed by atoms with Crippen LogP contribution in [0.1, 0.15) is 106 Å². The van der Waals surface area contributed by atoms with Crippen molar-refractivity contribution in [2.75, 3.05) is 0 Å². The second kappa shape index (κ2) is 9.07. The number of carboxylic acids is 1. The molecule has 0 radical (unpaired) electrons. The summed E-state index contributed by atoms with van der Waals surface area (Å²) in [6.45, 7) is 19.3. The largest absolute Gasteiger partial charge is 0.481 e. The number of aliphatic carboxylic acids is 1. The molecule has 0 aliphatic heterocycles. The molecule has 0 spiro atoms. The van der Waals surface area contributed by atoms with Crippen LogP contribution in [-0.4, -0.2) is 32.5 Å². The molecule has 0 bridgehead atoms. The van der Waals surface area contributed by atoms with Crippen LogP contribution in [0.4, 0.5) is 0 Å². The van der Waals surface area contributed by atoms with Crippen molar-refractivity contribution >= 4 is 5.97 Å². The van der Waals surface area contributed by atoms with Crippen molar-refractivity contribution in [2.24, 2.45) is 39.9 Å². The third kappa shape index (κ3) is 4.66. The van der Waals surface area contributed by atoms with Gasteiger partial charge in [0.1, 0.15) is 0 Å². The molecular weight excluding hydrogens is 424 g/mol. The van der Waals surface area contributed by atoms with E-state index < -0.39 is 17.2 Å². The molecule has 194 valence electrons. The number of allylic oxidation sites excluding steroid dienone is 1. The topological polar surface area (TPSA) is 77.8 Å². The summed E-state index contributed by atoms with van der Waals surface area (Å²) < 4.78 is 0. The van der Waals surface area contributed by atoms with Gasteiger partial charge in [-0.2, -0.15) is 0 Å². The second-order valence-corrected chi connectivity index (χ2v) is 13.7.